The summed E-state index contributed by atoms with van der Waals surface area (Å²) in [4.78, 5) is 29.3. The zero-order chi connectivity index (χ0) is 19.4. The van der Waals surface area contributed by atoms with Gasteiger partial charge < -0.3 is 10.2 Å². The minimum absolute atomic E-state index is 0.0932. The Labute approximate surface area is 157 Å². The van der Waals surface area contributed by atoms with Gasteiger partial charge in [-0.2, -0.15) is 0 Å². The molecule has 0 unspecified atom stereocenters. The predicted molar refractivity (Wildman–Crippen MR) is 106 cm³/mol. The molecular formula is C21H33N3O2. The molecule has 1 fully saturated rings. The lowest BCUT2D eigenvalue weighted by molar-refractivity contribution is -0.142. The Bertz CT molecular complexity index is 628. The fraction of sp³-hybridized carbons (Fsp3) is 0.619. The van der Waals surface area contributed by atoms with Gasteiger partial charge in [0.25, 0.3) is 0 Å². The van der Waals surface area contributed by atoms with E-state index in [1.165, 1.54) is 6.42 Å². The summed E-state index contributed by atoms with van der Waals surface area (Å²) in [7, 11) is 1.84. The van der Waals surface area contributed by atoms with Gasteiger partial charge in [0.2, 0.25) is 11.8 Å². The normalized spacial score (nSPS) is 21.6. The number of rotatable bonds is 5. The topological polar surface area (TPSA) is 52.7 Å². The second-order valence-corrected chi connectivity index (χ2v) is 7.78. The number of hydrogen-bond donors (Lipinski definition) is 1. The first-order valence-electron chi connectivity index (χ1n) is 9.60. The van der Waals surface area contributed by atoms with E-state index in [1.54, 1.807) is 0 Å². The smallest absolute Gasteiger partial charge is 0.240 e. The van der Waals surface area contributed by atoms with Crippen LogP contribution in [0.5, 0.6) is 0 Å². The van der Waals surface area contributed by atoms with E-state index in [9.17, 15) is 9.59 Å². The number of carbonyl (C=O) groups is 2. The highest BCUT2D eigenvalue weighted by Crippen LogP contribution is 2.24. The van der Waals surface area contributed by atoms with Gasteiger partial charge in [0.1, 0.15) is 0 Å². The van der Waals surface area contributed by atoms with E-state index in [2.05, 4.69) is 19.2 Å². The van der Waals surface area contributed by atoms with Crippen molar-refractivity contribution < 1.29 is 9.59 Å². The van der Waals surface area contributed by atoms with Crippen LogP contribution >= 0.6 is 0 Å². The molecule has 1 heterocycles. The predicted octanol–water partition coefficient (Wildman–Crippen LogP) is 3.35. The summed E-state index contributed by atoms with van der Waals surface area (Å²) in [5.74, 6) is 0.0244. The molecule has 3 atom stereocenters. The van der Waals surface area contributed by atoms with Crippen molar-refractivity contribution in [1.82, 2.24) is 9.80 Å². The summed E-state index contributed by atoms with van der Waals surface area (Å²) < 4.78 is 0. The van der Waals surface area contributed by atoms with Crippen molar-refractivity contribution in [2.45, 2.75) is 72.0 Å². The number of amides is 2. The third-order valence-corrected chi connectivity index (χ3v) is 5.61. The summed E-state index contributed by atoms with van der Waals surface area (Å²) in [5, 5.41) is 2.99. The molecule has 1 aliphatic heterocycles. The van der Waals surface area contributed by atoms with Crippen LogP contribution in [0.1, 0.15) is 51.2 Å². The summed E-state index contributed by atoms with van der Waals surface area (Å²) in [6.07, 6.45) is 3.29. The monoisotopic (exact) mass is 359 g/mol. The molecule has 5 nitrogen and oxygen atoms in total. The van der Waals surface area contributed by atoms with Gasteiger partial charge in [0, 0.05) is 17.8 Å². The van der Waals surface area contributed by atoms with Gasteiger partial charge in [-0.3, -0.25) is 14.5 Å². The van der Waals surface area contributed by atoms with Gasteiger partial charge in [-0.15, -0.1) is 0 Å². The Balaban J connectivity index is 1.98. The number of aryl methyl sites for hydroxylation is 2. The highest BCUT2D eigenvalue weighted by molar-refractivity contribution is 5.94. The first-order valence-corrected chi connectivity index (χ1v) is 9.60. The molecule has 0 radical (unpaired) electrons. The van der Waals surface area contributed by atoms with Crippen molar-refractivity contribution in [2.75, 3.05) is 18.9 Å². The van der Waals surface area contributed by atoms with Crippen molar-refractivity contribution in [3.05, 3.63) is 29.3 Å². The van der Waals surface area contributed by atoms with Crippen LogP contribution in [-0.4, -0.2) is 53.3 Å². The van der Waals surface area contributed by atoms with Gasteiger partial charge in [-0.05, 0) is 72.1 Å². The lowest BCUT2D eigenvalue weighted by atomic mass is 9.96. The molecule has 5 heteroatoms. The van der Waals surface area contributed by atoms with Crippen LogP contribution in [0, 0.1) is 13.8 Å². The Morgan fingerprint density at radius 2 is 1.73 bits per heavy atom. The summed E-state index contributed by atoms with van der Waals surface area (Å²) >= 11 is 0. The third-order valence-electron chi connectivity index (χ3n) is 5.61. The van der Waals surface area contributed by atoms with Crippen LogP contribution in [0.4, 0.5) is 5.69 Å². The molecule has 1 N–H and O–H groups in total. The Kier molecular flexibility index (Phi) is 6.81. The molecule has 0 bridgehead atoms. The average Bonchev–Trinajstić information content (AvgIpc) is 2.57. The first kappa shape index (κ1) is 20.4. The first-order chi connectivity index (χ1) is 12.2. The molecule has 144 valence electrons. The Morgan fingerprint density at radius 1 is 1.19 bits per heavy atom. The third kappa shape index (κ3) is 4.64. The maximum absolute atomic E-state index is 13.0. The van der Waals surface area contributed by atoms with Crippen LogP contribution in [0.3, 0.4) is 0 Å². The molecule has 0 aromatic heterocycles. The molecule has 1 aromatic carbocycles. The van der Waals surface area contributed by atoms with E-state index >= 15 is 0 Å². The van der Waals surface area contributed by atoms with E-state index in [0.29, 0.717) is 0 Å². The number of benzene rings is 1. The van der Waals surface area contributed by atoms with Gasteiger partial charge in [-0.1, -0.05) is 18.2 Å². The van der Waals surface area contributed by atoms with Crippen molar-refractivity contribution >= 4 is 17.5 Å². The molecule has 1 aliphatic rings. The summed E-state index contributed by atoms with van der Waals surface area (Å²) in [6, 6.07) is 6.17. The number of anilines is 1. The van der Waals surface area contributed by atoms with Crippen LogP contribution in [0.2, 0.25) is 0 Å². The summed E-state index contributed by atoms with van der Waals surface area (Å²) in [6.45, 7) is 10.3. The lowest BCUT2D eigenvalue weighted by Crippen LogP contribution is -2.54. The van der Waals surface area contributed by atoms with Gasteiger partial charge in [-0.25, -0.2) is 0 Å². The molecule has 26 heavy (non-hydrogen) atoms. The second kappa shape index (κ2) is 8.67. The molecule has 1 saturated heterocycles. The standard InChI is InChI=1S/C21H33N3O2/c1-14-9-7-10-15(2)20(14)22-19(25)13-23(6)18(5)21(26)24-16(3)11-8-12-17(24)4/h7,9-10,16-18H,8,11-13H2,1-6H3,(H,22,25)/t16-,17+,18-/m0/s1. The molecule has 1 aromatic rings. The van der Waals surface area contributed by atoms with Crippen molar-refractivity contribution in [3.63, 3.8) is 0 Å². The van der Waals surface area contributed by atoms with Crippen LogP contribution in [0.25, 0.3) is 0 Å². The van der Waals surface area contributed by atoms with Gasteiger partial charge >= 0.3 is 0 Å². The molecule has 0 spiro atoms. The number of likely N-dealkylation sites (tertiary alicyclic amines) is 1. The van der Waals surface area contributed by atoms with E-state index < -0.39 is 0 Å². The van der Waals surface area contributed by atoms with E-state index in [4.69, 9.17) is 0 Å². The molecule has 0 aliphatic carbocycles. The molecule has 2 rings (SSSR count). The van der Waals surface area contributed by atoms with Crippen LogP contribution < -0.4 is 5.32 Å². The number of hydrogen-bond acceptors (Lipinski definition) is 3. The number of likely N-dealkylation sites (N-methyl/N-ethyl adjacent to an activating group) is 1. The lowest BCUT2D eigenvalue weighted by Gasteiger charge is -2.41. The number of carbonyl (C=O) groups excluding carboxylic acids is 2. The molecular weight excluding hydrogens is 326 g/mol. The Morgan fingerprint density at radius 3 is 2.27 bits per heavy atom. The quantitative estimate of drug-likeness (QED) is 0.877. The van der Waals surface area contributed by atoms with Gasteiger partial charge in [0.15, 0.2) is 0 Å². The van der Waals surface area contributed by atoms with E-state index in [0.717, 1.165) is 29.7 Å². The molecule has 0 saturated carbocycles. The minimum atomic E-state index is -0.318. The summed E-state index contributed by atoms with van der Waals surface area (Å²) in [5.41, 5.74) is 2.95. The highest BCUT2D eigenvalue weighted by Gasteiger charge is 2.33. The van der Waals surface area contributed by atoms with E-state index in [1.807, 2.05) is 55.8 Å². The minimum Gasteiger partial charge on any atom is -0.336 e. The fourth-order valence-electron chi connectivity index (χ4n) is 3.81. The zero-order valence-corrected chi connectivity index (χ0v) is 17.0. The second-order valence-electron chi connectivity index (χ2n) is 7.78. The van der Waals surface area contributed by atoms with Crippen LogP contribution in [-0.2, 0) is 9.59 Å². The zero-order valence-electron chi connectivity index (χ0n) is 17.0. The number of para-hydroxylation sites is 1. The molecule has 2 amide bonds. The SMILES string of the molecule is Cc1cccc(C)c1NC(=O)CN(C)[C@@H](C)C(=O)N1[C@H](C)CCC[C@@H]1C. The average molecular weight is 360 g/mol. The number of nitrogens with zero attached hydrogens (tertiary/aromatic N) is 2. The van der Waals surface area contributed by atoms with Crippen LogP contribution in [0.15, 0.2) is 18.2 Å². The highest BCUT2D eigenvalue weighted by atomic mass is 16.2. The number of nitrogens with one attached hydrogen (secondary N) is 1. The number of piperidine rings is 1. The largest absolute Gasteiger partial charge is 0.336 e. The van der Waals surface area contributed by atoms with E-state index in [-0.39, 0.29) is 36.5 Å². The maximum atomic E-state index is 13.0. The maximum Gasteiger partial charge on any atom is 0.240 e. The fourth-order valence-corrected chi connectivity index (χ4v) is 3.81. The van der Waals surface area contributed by atoms with Gasteiger partial charge in [0.05, 0.1) is 12.6 Å². The van der Waals surface area contributed by atoms with Crippen molar-refractivity contribution in [2.24, 2.45) is 0 Å². The van der Waals surface area contributed by atoms with Crippen molar-refractivity contribution in [1.29, 1.82) is 0 Å². The Hall–Kier alpha value is -1.88. The van der Waals surface area contributed by atoms with Crippen molar-refractivity contribution in [3.8, 4) is 0 Å².